The molecule has 0 radical (unpaired) electrons. The molecule has 1 aromatic heterocycles. The van der Waals surface area contributed by atoms with Crippen LogP contribution in [0.1, 0.15) is 28.1 Å². The number of anilines is 1. The molecule has 0 fully saturated rings. The summed E-state index contributed by atoms with van der Waals surface area (Å²) in [5, 5.41) is 13.8. The molecule has 0 saturated heterocycles. The Labute approximate surface area is 156 Å². The number of aromatic nitrogens is 2. The zero-order valence-corrected chi connectivity index (χ0v) is 15.3. The van der Waals surface area contributed by atoms with Crippen LogP contribution in [0, 0.1) is 13.8 Å². The van der Waals surface area contributed by atoms with E-state index in [0.29, 0.717) is 23.9 Å². The fourth-order valence-corrected chi connectivity index (χ4v) is 2.63. The Morgan fingerprint density at radius 3 is 2.62 bits per heavy atom. The summed E-state index contributed by atoms with van der Waals surface area (Å²) >= 11 is 5.83. The van der Waals surface area contributed by atoms with E-state index in [4.69, 9.17) is 16.0 Å². The van der Waals surface area contributed by atoms with E-state index in [1.54, 1.807) is 12.1 Å². The number of rotatable bonds is 5. The number of amides is 2. The van der Waals surface area contributed by atoms with E-state index in [-0.39, 0.29) is 6.01 Å². The molecule has 3 rings (SSSR count). The number of aryl methyl sites for hydroxylation is 2. The largest absolute Gasteiger partial charge is 0.407 e. The summed E-state index contributed by atoms with van der Waals surface area (Å²) in [6.07, 6.45) is 0.521. The highest BCUT2D eigenvalue weighted by Gasteiger charge is 2.11. The van der Waals surface area contributed by atoms with E-state index < -0.39 is 6.03 Å². The second-order valence-corrected chi connectivity index (χ2v) is 6.48. The van der Waals surface area contributed by atoms with E-state index in [1.165, 1.54) is 11.1 Å². The molecule has 134 valence electrons. The van der Waals surface area contributed by atoms with E-state index in [9.17, 15) is 4.79 Å². The molecule has 3 aromatic rings. The molecule has 7 heteroatoms. The summed E-state index contributed by atoms with van der Waals surface area (Å²) in [5.41, 5.74) is 4.42. The average Bonchev–Trinajstić information content (AvgIpc) is 3.04. The third-order valence-electron chi connectivity index (χ3n) is 3.89. The second kappa shape index (κ2) is 8.01. The summed E-state index contributed by atoms with van der Waals surface area (Å²) in [5.74, 6) is 0.449. The topological polar surface area (TPSA) is 80.0 Å². The van der Waals surface area contributed by atoms with Crippen LogP contribution < -0.4 is 10.6 Å². The number of carbonyl (C=O) groups is 1. The number of urea groups is 1. The zero-order chi connectivity index (χ0) is 18.5. The fraction of sp³-hybridized carbons (Fsp3) is 0.211. The molecular formula is C19H19ClN4O2. The van der Waals surface area contributed by atoms with Crippen molar-refractivity contribution < 1.29 is 9.21 Å². The molecule has 0 unspecified atom stereocenters. The van der Waals surface area contributed by atoms with Gasteiger partial charge in [-0.05, 0) is 42.7 Å². The van der Waals surface area contributed by atoms with Crippen molar-refractivity contribution in [3.63, 3.8) is 0 Å². The molecule has 0 bridgehead atoms. The highest BCUT2D eigenvalue weighted by molar-refractivity contribution is 6.30. The van der Waals surface area contributed by atoms with Gasteiger partial charge in [-0.1, -0.05) is 52.6 Å². The van der Waals surface area contributed by atoms with Crippen molar-refractivity contribution in [3.8, 4) is 0 Å². The first-order valence-corrected chi connectivity index (χ1v) is 8.55. The van der Waals surface area contributed by atoms with Crippen LogP contribution in [0.3, 0.4) is 0 Å². The van der Waals surface area contributed by atoms with Crippen LogP contribution in [0.4, 0.5) is 10.8 Å². The third-order valence-corrected chi connectivity index (χ3v) is 4.15. The maximum Gasteiger partial charge on any atom is 0.323 e. The van der Waals surface area contributed by atoms with E-state index in [0.717, 1.165) is 11.1 Å². The number of benzene rings is 2. The van der Waals surface area contributed by atoms with Gasteiger partial charge in [-0.15, -0.1) is 5.10 Å². The SMILES string of the molecule is Cc1ccc(Cc2nnc(NC(=O)NCc3ccc(Cl)cc3)o2)c(C)c1. The Bertz CT molecular complexity index is 906. The van der Waals surface area contributed by atoms with Gasteiger partial charge >= 0.3 is 12.0 Å². The van der Waals surface area contributed by atoms with Gasteiger partial charge in [0.2, 0.25) is 5.89 Å². The first-order valence-electron chi connectivity index (χ1n) is 8.17. The van der Waals surface area contributed by atoms with Crippen molar-refractivity contribution in [2.45, 2.75) is 26.8 Å². The molecule has 2 amide bonds. The maximum absolute atomic E-state index is 11.9. The van der Waals surface area contributed by atoms with Gasteiger partial charge in [0.05, 0.1) is 6.42 Å². The molecule has 1 heterocycles. The third kappa shape index (κ3) is 4.83. The van der Waals surface area contributed by atoms with Crippen molar-refractivity contribution in [2.75, 3.05) is 5.32 Å². The summed E-state index contributed by atoms with van der Waals surface area (Å²) in [4.78, 5) is 11.9. The number of nitrogens with one attached hydrogen (secondary N) is 2. The minimum atomic E-state index is -0.415. The molecule has 0 aliphatic heterocycles. The van der Waals surface area contributed by atoms with Crippen LogP contribution in [0.5, 0.6) is 0 Å². The van der Waals surface area contributed by atoms with E-state index >= 15 is 0 Å². The number of hydrogen-bond donors (Lipinski definition) is 2. The molecule has 0 atom stereocenters. The van der Waals surface area contributed by atoms with Crippen molar-refractivity contribution in [1.29, 1.82) is 0 Å². The molecule has 0 saturated carbocycles. The van der Waals surface area contributed by atoms with Crippen LogP contribution >= 0.6 is 11.6 Å². The van der Waals surface area contributed by atoms with Gasteiger partial charge in [-0.25, -0.2) is 4.79 Å². The minimum Gasteiger partial charge on any atom is -0.407 e. The van der Waals surface area contributed by atoms with Crippen molar-refractivity contribution >= 4 is 23.6 Å². The second-order valence-electron chi connectivity index (χ2n) is 6.04. The Kier molecular flexibility index (Phi) is 5.53. The normalized spacial score (nSPS) is 10.6. The maximum atomic E-state index is 11.9. The van der Waals surface area contributed by atoms with Crippen molar-refractivity contribution in [2.24, 2.45) is 0 Å². The molecule has 26 heavy (non-hydrogen) atoms. The molecule has 6 nitrogen and oxygen atoms in total. The van der Waals surface area contributed by atoms with Crippen LogP contribution in [0.25, 0.3) is 0 Å². The first-order chi connectivity index (χ1) is 12.5. The van der Waals surface area contributed by atoms with E-state index in [2.05, 4.69) is 26.9 Å². The minimum absolute atomic E-state index is 0.0679. The quantitative estimate of drug-likeness (QED) is 0.703. The number of hydrogen-bond acceptors (Lipinski definition) is 4. The number of nitrogens with zero attached hydrogens (tertiary/aromatic N) is 2. The fourth-order valence-electron chi connectivity index (χ4n) is 2.51. The molecule has 0 aliphatic carbocycles. The number of halogens is 1. The van der Waals surface area contributed by atoms with E-state index in [1.807, 2.05) is 38.1 Å². The Balaban J connectivity index is 1.54. The Morgan fingerprint density at radius 2 is 1.88 bits per heavy atom. The highest BCUT2D eigenvalue weighted by Crippen LogP contribution is 2.16. The standard InChI is InChI=1S/C19H19ClN4O2/c1-12-3-6-15(13(2)9-12)10-17-23-24-19(26-17)22-18(25)21-11-14-4-7-16(20)8-5-14/h3-9H,10-11H2,1-2H3,(H2,21,22,24,25). The summed E-state index contributed by atoms with van der Waals surface area (Å²) in [7, 11) is 0. The molecule has 0 aliphatic rings. The van der Waals surface area contributed by atoms with Crippen molar-refractivity contribution in [1.82, 2.24) is 15.5 Å². The summed E-state index contributed by atoms with van der Waals surface area (Å²) in [6.45, 7) is 4.46. The lowest BCUT2D eigenvalue weighted by molar-refractivity contribution is 0.251. The molecule has 0 spiro atoms. The van der Waals surface area contributed by atoms with Gasteiger partial charge in [0.25, 0.3) is 0 Å². The zero-order valence-electron chi connectivity index (χ0n) is 14.5. The van der Waals surface area contributed by atoms with Gasteiger partial charge < -0.3 is 9.73 Å². The summed E-state index contributed by atoms with van der Waals surface area (Å²) in [6, 6.07) is 13.1. The van der Waals surface area contributed by atoms with Crippen LogP contribution in [0.15, 0.2) is 46.9 Å². The van der Waals surface area contributed by atoms with Gasteiger partial charge in [0.15, 0.2) is 0 Å². The van der Waals surface area contributed by atoms with Gasteiger partial charge in [0, 0.05) is 11.6 Å². The van der Waals surface area contributed by atoms with Crippen molar-refractivity contribution in [3.05, 3.63) is 75.6 Å². The predicted octanol–water partition coefficient (Wildman–Crippen LogP) is 4.25. The predicted molar refractivity (Wildman–Crippen MR) is 100 cm³/mol. The number of carbonyl (C=O) groups excluding carboxylic acids is 1. The lowest BCUT2D eigenvalue weighted by Gasteiger charge is -2.05. The molecule has 2 N–H and O–H groups in total. The Hall–Kier alpha value is -2.86. The van der Waals surface area contributed by atoms with Gasteiger partial charge in [-0.2, -0.15) is 0 Å². The molecule has 2 aromatic carbocycles. The van der Waals surface area contributed by atoms with Gasteiger partial charge in [0.1, 0.15) is 0 Å². The highest BCUT2D eigenvalue weighted by atomic mass is 35.5. The smallest absolute Gasteiger partial charge is 0.323 e. The first kappa shape index (κ1) is 17.9. The lowest BCUT2D eigenvalue weighted by atomic mass is 10.0. The Morgan fingerprint density at radius 1 is 1.12 bits per heavy atom. The van der Waals surface area contributed by atoms with Crippen LogP contribution in [-0.2, 0) is 13.0 Å². The average molecular weight is 371 g/mol. The van der Waals surface area contributed by atoms with Crippen LogP contribution in [0.2, 0.25) is 5.02 Å². The van der Waals surface area contributed by atoms with Crippen LogP contribution in [-0.4, -0.2) is 16.2 Å². The van der Waals surface area contributed by atoms with Gasteiger partial charge in [-0.3, -0.25) is 5.32 Å². The monoisotopic (exact) mass is 370 g/mol. The summed E-state index contributed by atoms with van der Waals surface area (Å²) < 4.78 is 5.50. The molecular weight excluding hydrogens is 352 g/mol. The lowest BCUT2D eigenvalue weighted by Crippen LogP contribution is -2.28.